The van der Waals surface area contributed by atoms with Gasteiger partial charge in [-0.05, 0) is 61.6 Å². The summed E-state index contributed by atoms with van der Waals surface area (Å²) in [5.74, 6) is -0.0795. The molecule has 0 amide bonds. The number of benzene rings is 1. The van der Waals surface area contributed by atoms with Gasteiger partial charge in [-0.25, -0.2) is 9.78 Å². The van der Waals surface area contributed by atoms with Gasteiger partial charge in [-0.1, -0.05) is 12.1 Å². The minimum Gasteiger partial charge on any atom is -0.491 e. The third kappa shape index (κ3) is 4.45. The third-order valence-electron chi connectivity index (χ3n) is 4.48. The monoisotopic (exact) mass is 364 g/mol. The van der Waals surface area contributed by atoms with E-state index >= 15 is 0 Å². The van der Waals surface area contributed by atoms with Crippen molar-refractivity contribution in [2.75, 3.05) is 7.11 Å². The van der Waals surface area contributed by atoms with Gasteiger partial charge in [-0.15, -0.1) is 0 Å². The molecule has 1 fully saturated rings. The van der Waals surface area contributed by atoms with E-state index in [1.165, 1.54) is 12.1 Å². The lowest BCUT2D eigenvalue weighted by Gasteiger charge is -2.15. The Kier molecular flexibility index (Phi) is 5.72. The third-order valence-corrected chi connectivity index (χ3v) is 4.48. The van der Waals surface area contributed by atoms with Gasteiger partial charge in [-0.3, -0.25) is 0 Å². The van der Waals surface area contributed by atoms with Crippen LogP contribution in [-0.4, -0.2) is 29.3 Å². The number of aromatic carboxylic acids is 1. The van der Waals surface area contributed by atoms with Crippen molar-refractivity contribution in [1.29, 1.82) is 5.26 Å². The first-order chi connectivity index (χ1) is 13.1. The fraction of sp³-hybridized carbons (Fsp3) is 0.286. The summed E-state index contributed by atoms with van der Waals surface area (Å²) in [7, 11) is 1.56. The van der Waals surface area contributed by atoms with E-state index in [-0.39, 0.29) is 11.7 Å². The Bertz CT molecular complexity index is 909. The highest BCUT2D eigenvalue weighted by atomic mass is 16.5. The topological polar surface area (TPSA) is 92.4 Å². The highest BCUT2D eigenvalue weighted by Gasteiger charge is 2.19. The van der Waals surface area contributed by atoms with Gasteiger partial charge in [0.2, 0.25) is 0 Å². The van der Waals surface area contributed by atoms with Crippen LogP contribution in [0.3, 0.4) is 0 Å². The van der Waals surface area contributed by atoms with E-state index in [1.54, 1.807) is 37.5 Å². The summed E-state index contributed by atoms with van der Waals surface area (Å²) in [4.78, 5) is 15.6. The fourth-order valence-corrected chi connectivity index (χ4v) is 3.07. The van der Waals surface area contributed by atoms with Gasteiger partial charge in [0.15, 0.2) is 5.75 Å². The Morgan fingerprint density at radius 3 is 2.67 bits per heavy atom. The molecule has 0 aliphatic heterocycles. The summed E-state index contributed by atoms with van der Waals surface area (Å²) in [5.41, 5.74) is 1.51. The number of carboxylic acid groups (broad SMARTS) is 1. The second kappa shape index (κ2) is 8.37. The van der Waals surface area contributed by atoms with E-state index in [0.29, 0.717) is 28.5 Å². The van der Waals surface area contributed by atoms with Gasteiger partial charge in [0.25, 0.3) is 5.88 Å². The number of allylic oxidation sites excluding steroid dienone is 1. The second-order valence-electron chi connectivity index (χ2n) is 6.32. The van der Waals surface area contributed by atoms with Gasteiger partial charge in [0.05, 0.1) is 30.0 Å². The number of hydrogen-bond acceptors (Lipinski definition) is 5. The number of carbonyl (C=O) groups is 1. The van der Waals surface area contributed by atoms with Crippen molar-refractivity contribution in [1.82, 2.24) is 4.98 Å². The molecule has 0 saturated heterocycles. The van der Waals surface area contributed by atoms with Crippen molar-refractivity contribution >= 4 is 17.6 Å². The highest BCUT2D eigenvalue weighted by Crippen LogP contribution is 2.30. The number of ether oxygens (including phenoxy) is 2. The Labute approximate surface area is 157 Å². The maximum atomic E-state index is 11.2. The van der Waals surface area contributed by atoms with Gasteiger partial charge in [0.1, 0.15) is 6.10 Å². The minimum absolute atomic E-state index is 0.126. The first-order valence-electron chi connectivity index (χ1n) is 8.78. The zero-order valence-electron chi connectivity index (χ0n) is 15.0. The molecule has 0 atom stereocenters. The summed E-state index contributed by atoms with van der Waals surface area (Å²) in [6.45, 7) is 0. The maximum Gasteiger partial charge on any atom is 0.335 e. The lowest BCUT2D eigenvalue weighted by atomic mass is 10.0. The lowest BCUT2D eigenvalue weighted by Crippen LogP contribution is -2.12. The predicted molar refractivity (Wildman–Crippen MR) is 101 cm³/mol. The largest absolute Gasteiger partial charge is 0.491 e. The number of nitrogens with zero attached hydrogens (tertiary/aromatic N) is 2. The molecule has 0 bridgehead atoms. The normalized spacial score (nSPS) is 14.6. The summed E-state index contributed by atoms with van der Waals surface area (Å²) < 4.78 is 11.3. The molecule has 1 saturated carbocycles. The van der Waals surface area contributed by atoms with Gasteiger partial charge >= 0.3 is 5.97 Å². The molecular weight excluding hydrogens is 344 g/mol. The van der Waals surface area contributed by atoms with Gasteiger partial charge in [-0.2, -0.15) is 5.26 Å². The first-order valence-corrected chi connectivity index (χ1v) is 8.78. The van der Waals surface area contributed by atoms with Crippen molar-refractivity contribution in [2.45, 2.75) is 31.8 Å². The van der Waals surface area contributed by atoms with Crippen molar-refractivity contribution in [3.8, 4) is 17.7 Å². The van der Waals surface area contributed by atoms with E-state index in [4.69, 9.17) is 14.6 Å². The predicted octanol–water partition coefficient (Wildman–Crippen LogP) is 4.17. The van der Waals surface area contributed by atoms with Crippen LogP contribution in [0.5, 0.6) is 11.6 Å². The van der Waals surface area contributed by atoms with Crippen molar-refractivity contribution in [3.63, 3.8) is 0 Å². The fourth-order valence-electron chi connectivity index (χ4n) is 3.07. The molecule has 3 rings (SSSR count). The van der Waals surface area contributed by atoms with Gasteiger partial charge in [0, 0.05) is 0 Å². The van der Waals surface area contributed by atoms with E-state index < -0.39 is 5.97 Å². The zero-order chi connectivity index (χ0) is 19.2. The van der Waals surface area contributed by atoms with E-state index in [9.17, 15) is 10.1 Å². The van der Waals surface area contributed by atoms with E-state index in [0.717, 1.165) is 25.7 Å². The molecule has 1 aliphatic rings. The number of nitriles is 1. The Morgan fingerprint density at radius 2 is 2.00 bits per heavy atom. The molecule has 27 heavy (non-hydrogen) atoms. The molecule has 1 N–H and O–H groups in total. The van der Waals surface area contributed by atoms with E-state index in [1.807, 2.05) is 0 Å². The number of rotatable bonds is 6. The van der Waals surface area contributed by atoms with Crippen LogP contribution in [0.1, 0.15) is 47.3 Å². The van der Waals surface area contributed by atoms with Crippen LogP contribution in [0, 0.1) is 11.3 Å². The molecule has 0 unspecified atom stereocenters. The molecular formula is C21H20N2O4. The molecule has 0 radical (unpaired) electrons. The average molecular weight is 364 g/mol. The van der Waals surface area contributed by atoms with Crippen LogP contribution in [0.4, 0.5) is 0 Å². The molecule has 1 aromatic heterocycles. The smallest absolute Gasteiger partial charge is 0.335 e. The molecule has 138 valence electrons. The van der Waals surface area contributed by atoms with Crippen LogP contribution in [0.2, 0.25) is 0 Å². The summed E-state index contributed by atoms with van der Waals surface area (Å²) in [6.07, 6.45) is 6.03. The molecule has 6 heteroatoms. The number of methoxy groups -OCH3 is 1. The molecule has 1 heterocycles. The summed E-state index contributed by atoms with van der Waals surface area (Å²) in [5, 5.41) is 18.7. The quantitative estimate of drug-likeness (QED) is 0.773. The van der Waals surface area contributed by atoms with Crippen LogP contribution >= 0.6 is 0 Å². The second-order valence-corrected chi connectivity index (χ2v) is 6.32. The van der Waals surface area contributed by atoms with Crippen LogP contribution in [0.25, 0.3) is 11.6 Å². The van der Waals surface area contributed by atoms with Crippen LogP contribution < -0.4 is 9.47 Å². The van der Waals surface area contributed by atoms with Crippen molar-refractivity contribution < 1.29 is 19.4 Å². The Hall–Kier alpha value is -3.33. The number of hydrogen-bond donors (Lipinski definition) is 1. The molecule has 1 aliphatic carbocycles. The van der Waals surface area contributed by atoms with Crippen LogP contribution in [-0.2, 0) is 0 Å². The zero-order valence-corrected chi connectivity index (χ0v) is 15.0. The molecule has 0 spiro atoms. The standard InChI is InChI=1S/C21H20N2O4/c1-26-19-10-9-17(23-20(19)27-18-7-2-3-8-18)12-16(13-22)14-5-4-6-15(11-14)21(24)25/h4-6,9-12,18H,2-3,7-8H2,1H3,(H,24,25). The van der Waals surface area contributed by atoms with Crippen molar-refractivity contribution in [2.24, 2.45) is 0 Å². The Balaban J connectivity index is 1.93. The first kappa shape index (κ1) is 18.5. The minimum atomic E-state index is -1.04. The van der Waals surface area contributed by atoms with Crippen molar-refractivity contribution in [3.05, 3.63) is 53.2 Å². The summed E-state index contributed by atoms with van der Waals surface area (Å²) >= 11 is 0. The SMILES string of the molecule is COc1ccc(C=C(C#N)c2cccc(C(=O)O)c2)nc1OC1CCCC1. The van der Waals surface area contributed by atoms with E-state index in [2.05, 4.69) is 11.1 Å². The van der Waals surface area contributed by atoms with Gasteiger partial charge < -0.3 is 14.6 Å². The lowest BCUT2D eigenvalue weighted by molar-refractivity contribution is 0.0697. The highest BCUT2D eigenvalue weighted by molar-refractivity contribution is 5.93. The number of carboxylic acids is 1. The molecule has 2 aromatic rings. The summed E-state index contributed by atoms with van der Waals surface area (Å²) in [6, 6.07) is 11.9. The number of pyridine rings is 1. The van der Waals surface area contributed by atoms with Crippen LogP contribution in [0.15, 0.2) is 36.4 Å². The molecule has 6 nitrogen and oxygen atoms in total. The number of aromatic nitrogens is 1. The average Bonchev–Trinajstić information content (AvgIpc) is 3.19. The Morgan fingerprint density at radius 1 is 1.26 bits per heavy atom. The molecule has 1 aromatic carbocycles. The maximum absolute atomic E-state index is 11.2.